The van der Waals surface area contributed by atoms with Crippen molar-refractivity contribution in [2.75, 3.05) is 31.2 Å². The van der Waals surface area contributed by atoms with Crippen LogP contribution in [-0.4, -0.2) is 57.1 Å². The number of ether oxygens (including phenoxy) is 1. The van der Waals surface area contributed by atoms with E-state index < -0.39 is 0 Å². The molecule has 2 aromatic heterocycles. The molecule has 0 spiro atoms. The van der Waals surface area contributed by atoms with E-state index in [0.29, 0.717) is 12.4 Å². The summed E-state index contributed by atoms with van der Waals surface area (Å²) in [4.78, 5) is 10.8. The standard InChI is InChI=1S/C13H19N5O2/c1-10-8-12(18-13(16-10)14-9-15-18)17-4-2-11(3-5-17)20-7-6-19/h8-9,11,19H,2-7H2,1H3. The average Bonchev–Trinajstić information content (AvgIpc) is 2.93. The number of hydrogen-bond donors (Lipinski definition) is 1. The number of rotatable bonds is 4. The van der Waals surface area contributed by atoms with Crippen LogP contribution in [0.1, 0.15) is 18.5 Å². The lowest BCUT2D eigenvalue weighted by Gasteiger charge is -2.33. The number of aryl methyl sites for hydroxylation is 1. The molecule has 7 nitrogen and oxygen atoms in total. The summed E-state index contributed by atoms with van der Waals surface area (Å²) in [5, 5.41) is 13.0. The van der Waals surface area contributed by atoms with E-state index >= 15 is 0 Å². The summed E-state index contributed by atoms with van der Waals surface area (Å²) in [6.07, 6.45) is 3.69. The lowest BCUT2D eigenvalue weighted by atomic mass is 10.1. The molecule has 1 saturated heterocycles. The van der Waals surface area contributed by atoms with Crippen molar-refractivity contribution in [1.29, 1.82) is 0 Å². The predicted molar refractivity (Wildman–Crippen MR) is 73.8 cm³/mol. The van der Waals surface area contributed by atoms with E-state index in [4.69, 9.17) is 9.84 Å². The fourth-order valence-electron chi connectivity index (χ4n) is 2.61. The Morgan fingerprint density at radius 1 is 1.40 bits per heavy atom. The minimum absolute atomic E-state index is 0.0866. The summed E-state index contributed by atoms with van der Waals surface area (Å²) in [6, 6.07) is 2.04. The molecule has 0 radical (unpaired) electrons. The molecule has 0 unspecified atom stereocenters. The molecule has 1 aliphatic heterocycles. The maximum absolute atomic E-state index is 8.79. The fourth-order valence-corrected chi connectivity index (χ4v) is 2.61. The number of aliphatic hydroxyl groups is 1. The number of aliphatic hydroxyl groups excluding tert-OH is 1. The Morgan fingerprint density at radius 2 is 2.20 bits per heavy atom. The van der Waals surface area contributed by atoms with Gasteiger partial charge in [0, 0.05) is 24.8 Å². The lowest BCUT2D eigenvalue weighted by Crippen LogP contribution is -2.38. The Kier molecular flexibility index (Phi) is 3.79. The normalized spacial score (nSPS) is 17.0. The van der Waals surface area contributed by atoms with Crippen LogP contribution in [0.4, 0.5) is 5.82 Å². The number of aromatic nitrogens is 4. The first-order valence-corrected chi connectivity index (χ1v) is 6.92. The van der Waals surface area contributed by atoms with Gasteiger partial charge in [-0.1, -0.05) is 0 Å². The van der Waals surface area contributed by atoms with E-state index in [1.807, 2.05) is 13.0 Å². The molecule has 2 aromatic rings. The van der Waals surface area contributed by atoms with Gasteiger partial charge in [-0.05, 0) is 19.8 Å². The molecule has 20 heavy (non-hydrogen) atoms. The van der Waals surface area contributed by atoms with E-state index in [9.17, 15) is 0 Å². The van der Waals surface area contributed by atoms with Gasteiger partial charge in [0.2, 0.25) is 0 Å². The zero-order chi connectivity index (χ0) is 13.9. The van der Waals surface area contributed by atoms with Crippen LogP contribution in [0.25, 0.3) is 5.78 Å². The van der Waals surface area contributed by atoms with Gasteiger partial charge in [-0.3, -0.25) is 0 Å². The van der Waals surface area contributed by atoms with Crippen molar-refractivity contribution in [2.24, 2.45) is 0 Å². The van der Waals surface area contributed by atoms with Crippen molar-refractivity contribution in [3.63, 3.8) is 0 Å². The second-order valence-corrected chi connectivity index (χ2v) is 5.01. The van der Waals surface area contributed by atoms with Crippen LogP contribution >= 0.6 is 0 Å². The zero-order valence-electron chi connectivity index (χ0n) is 11.6. The molecule has 0 atom stereocenters. The summed E-state index contributed by atoms with van der Waals surface area (Å²) in [5.74, 6) is 1.67. The molecular formula is C13H19N5O2. The van der Waals surface area contributed by atoms with Crippen LogP contribution in [0.15, 0.2) is 12.4 Å². The minimum Gasteiger partial charge on any atom is -0.394 e. The quantitative estimate of drug-likeness (QED) is 0.872. The number of fused-ring (bicyclic) bond motifs is 1. The summed E-state index contributed by atoms with van der Waals surface area (Å²) in [7, 11) is 0. The van der Waals surface area contributed by atoms with Gasteiger partial charge in [0.25, 0.3) is 5.78 Å². The number of anilines is 1. The Morgan fingerprint density at radius 3 is 2.95 bits per heavy atom. The van der Waals surface area contributed by atoms with Crippen molar-refractivity contribution >= 4 is 11.6 Å². The molecular weight excluding hydrogens is 258 g/mol. The summed E-state index contributed by atoms with van der Waals surface area (Å²) >= 11 is 0. The third-order valence-corrected chi connectivity index (χ3v) is 3.57. The van der Waals surface area contributed by atoms with Crippen LogP contribution in [0.5, 0.6) is 0 Å². The minimum atomic E-state index is 0.0866. The zero-order valence-corrected chi connectivity index (χ0v) is 11.6. The van der Waals surface area contributed by atoms with Crippen LogP contribution in [-0.2, 0) is 4.74 Å². The second-order valence-electron chi connectivity index (χ2n) is 5.01. The van der Waals surface area contributed by atoms with Crippen LogP contribution in [0.3, 0.4) is 0 Å². The Balaban J connectivity index is 1.75. The van der Waals surface area contributed by atoms with Gasteiger partial charge in [-0.15, -0.1) is 0 Å². The molecule has 0 saturated carbocycles. The van der Waals surface area contributed by atoms with Gasteiger partial charge in [-0.25, -0.2) is 4.98 Å². The lowest BCUT2D eigenvalue weighted by molar-refractivity contribution is 0.0158. The maximum atomic E-state index is 8.79. The van der Waals surface area contributed by atoms with Crippen molar-refractivity contribution in [1.82, 2.24) is 19.6 Å². The van der Waals surface area contributed by atoms with Gasteiger partial charge in [-0.2, -0.15) is 14.6 Å². The van der Waals surface area contributed by atoms with Crippen molar-refractivity contribution in [2.45, 2.75) is 25.9 Å². The first kappa shape index (κ1) is 13.3. The average molecular weight is 277 g/mol. The molecule has 108 valence electrons. The molecule has 1 N–H and O–H groups in total. The molecule has 3 heterocycles. The van der Waals surface area contributed by atoms with E-state index in [1.54, 1.807) is 4.52 Å². The van der Waals surface area contributed by atoms with Crippen LogP contribution < -0.4 is 4.90 Å². The first-order valence-electron chi connectivity index (χ1n) is 6.92. The molecule has 3 rings (SSSR count). The SMILES string of the molecule is Cc1cc(N2CCC(OCCO)CC2)n2ncnc2n1. The van der Waals surface area contributed by atoms with Crippen molar-refractivity contribution in [3.05, 3.63) is 18.1 Å². The second kappa shape index (κ2) is 5.72. The highest BCUT2D eigenvalue weighted by Crippen LogP contribution is 2.22. The Labute approximate surface area is 117 Å². The largest absolute Gasteiger partial charge is 0.394 e. The highest BCUT2D eigenvalue weighted by atomic mass is 16.5. The van der Waals surface area contributed by atoms with E-state index in [-0.39, 0.29) is 12.7 Å². The third-order valence-electron chi connectivity index (χ3n) is 3.57. The number of hydrogen-bond acceptors (Lipinski definition) is 6. The molecule has 1 fully saturated rings. The summed E-state index contributed by atoms with van der Waals surface area (Å²) < 4.78 is 7.37. The third kappa shape index (κ3) is 2.59. The van der Waals surface area contributed by atoms with Gasteiger partial charge in [0.05, 0.1) is 19.3 Å². The topological polar surface area (TPSA) is 75.8 Å². The van der Waals surface area contributed by atoms with Gasteiger partial charge in [0.1, 0.15) is 12.1 Å². The smallest absolute Gasteiger partial charge is 0.254 e. The van der Waals surface area contributed by atoms with E-state index in [0.717, 1.165) is 37.4 Å². The van der Waals surface area contributed by atoms with E-state index in [2.05, 4.69) is 20.0 Å². The monoisotopic (exact) mass is 277 g/mol. The molecule has 1 aliphatic rings. The van der Waals surface area contributed by atoms with Crippen LogP contribution in [0.2, 0.25) is 0 Å². The number of nitrogens with zero attached hydrogens (tertiary/aromatic N) is 5. The molecule has 0 bridgehead atoms. The summed E-state index contributed by atoms with van der Waals surface area (Å²) in [5.41, 5.74) is 0.944. The number of piperidine rings is 1. The van der Waals surface area contributed by atoms with Gasteiger partial charge >= 0.3 is 0 Å². The molecule has 0 amide bonds. The van der Waals surface area contributed by atoms with Gasteiger partial charge in [0.15, 0.2) is 0 Å². The molecule has 0 aromatic carbocycles. The molecule has 0 aliphatic carbocycles. The van der Waals surface area contributed by atoms with Crippen LogP contribution in [0, 0.1) is 6.92 Å². The van der Waals surface area contributed by atoms with Crippen molar-refractivity contribution < 1.29 is 9.84 Å². The highest BCUT2D eigenvalue weighted by molar-refractivity contribution is 5.47. The fraction of sp³-hybridized carbons (Fsp3) is 0.615. The first-order chi connectivity index (χ1) is 9.78. The van der Waals surface area contributed by atoms with Gasteiger partial charge < -0.3 is 14.7 Å². The summed E-state index contributed by atoms with van der Waals surface area (Å²) in [6.45, 7) is 4.30. The maximum Gasteiger partial charge on any atom is 0.254 e. The predicted octanol–water partition coefficient (Wildman–Crippen LogP) is 0.410. The molecule has 7 heteroatoms. The highest BCUT2D eigenvalue weighted by Gasteiger charge is 2.22. The Bertz CT molecular complexity index is 577. The van der Waals surface area contributed by atoms with Crippen molar-refractivity contribution in [3.8, 4) is 0 Å². The van der Waals surface area contributed by atoms with E-state index in [1.165, 1.54) is 6.33 Å². The Hall–Kier alpha value is -1.73.